The van der Waals surface area contributed by atoms with Crippen molar-refractivity contribution >= 4 is 17.3 Å². The fourth-order valence-corrected chi connectivity index (χ4v) is 7.54. The lowest BCUT2D eigenvalue weighted by molar-refractivity contribution is -0.0503. The highest BCUT2D eigenvalue weighted by atomic mass is 16.2. The van der Waals surface area contributed by atoms with Crippen LogP contribution in [-0.4, -0.2) is 52.0 Å². The van der Waals surface area contributed by atoms with Gasteiger partial charge < -0.3 is 16.0 Å². The van der Waals surface area contributed by atoms with E-state index in [0.29, 0.717) is 35.3 Å². The summed E-state index contributed by atoms with van der Waals surface area (Å²) < 4.78 is 1.65. The number of nitrogens with one attached hydrogen (secondary N) is 1. The standard InChI is InChI=1S/C25H33N5O2/c26-19-3-1-5-29(14-19)24(32)21-10-22-20(4-2-6-30(22)28-21)23(31)27-15-25-11-16-7-17(12-25)9-18(8-16)13-25/h2,4,6,10,16-19H,1,3,5,7-9,11-15,26H2,(H,27,31)/t16?,17?,18?,19-,25?/m1/s1. The average Bonchev–Trinajstić information content (AvgIpc) is 3.20. The number of nitrogens with zero attached hydrogens (tertiary/aromatic N) is 3. The molecule has 5 fully saturated rings. The minimum absolute atomic E-state index is 0.0238. The second-order valence-corrected chi connectivity index (χ2v) is 11.0. The van der Waals surface area contributed by atoms with E-state index >= 15 is 0 Å². The summed E-state index contributed by atoms with van der Waals surface area (Å²) in [5, 5.41) is 7.74. The van der Waals surface area contributed by atoms with Crippen LogP contribution < -0.4 is 11.1 Å². The lowest BCUT2D eigenvalue weighted by atomic mass is 9.49. The molecular formula is C25H33N5O2. The second-order valence-electron chi connectivity index (χ2n) is 11.0. The molecule has 7 nitrogen and oxygen atoms in total. The molecule has 170 valence electrons. The van der Waals surface area contributed by atoms with Crippen LogP contribution in [0, 0.1) is 23.2 Å². The molecule has 7 rings (SSSR count). The fourth-order valence-electron chi connectivity index (χ4n) is 7.54. The van der Waals surface area contributed by atoms with Gasteiger partial charge in [-0.15, -0.1) is 0 Å². The van der Waals surface area contributed by atoms with E-state index in [9.17, 15) is 9.59 Å². The normalized spacial score (nSPS) is 33.6. The molecule has 5 aliphatic rings. The molecule has 2 amide bonds. The van der Waals surface area contributed by atoms with Crippen molar-refractivity contribution in [2.45, 2.75) is 57.4 Å². The number of hydrogen-bond acceptors (Lipinski definition) is 4. The van der Waals surface area contributed by atoms with Gasteiger partial charge in [0.25, 0.3) is 11.8 Å². The second kappa shape index (κ2) is 7.58. The number of rotatable bonds is 4. The lowest BCUT2D eigenvalue weighted by Gasteiger charge is -2.56. The number of nitrogens with two attached hydrogens (primary N) is 1. The van der Waals surface area contributed by atoms with E-state index in [-0.39, 0.29) is 17.9 Å². The Labute approximate surface area is 188 Å². The van der Waals surface area contributed by atoms with Crippen LogP contribution in [0.15, 0.2) is 24.4 Å². The summed E-state index contributed by atoms with van der Waals surface area (Å²) in [4.78, 5) is 28.0. The zero-order chi connectivity index (χ0) is 21.9. The van der Waals surface area contributed by atoms with E-state index in [1.807, 2.05) is 12.1 Å². The first-order chi connectivity index (χ1) is 15.5. The van der Waals surface area contributed by atoms with Crippen molar-refractivity contribution in [3.8, 4) is 0 Å². The van der Waals surface area contributed by atoms with Crippen LogP contribution >= 0.6 is 0 Å². The summed E-state index contributed by atoms with van der Waals surface area (Å²) in [7, 11) is 0. The molecule has 0 spiro atoms. The Hall–Kier alpha value is -2.41. The first-order valence-corrected chi connectivity index (χ1v) is 12.3. The maximum absolute atomic E-state index is 13.2. The molecule has 32 heavy (non-hydrogen) atoms. The van der Waals surface area contributed by atoms with Gasteiger partial charge in [0.15, 0.2) is 5.69 Å². The fraction of sp³-hybridized carbons (Fsp3) is 0.640. The Morgan fingerprint density at radius 2 is 1.88 bits per heavy atom. The van der Waals surface area contributed by atoms with Crippen LogP contribution in [0.25, 0.3) is 5.52 Å². The van der Waals surface area contributed by atoms with Gasteiger partial charge in [-0.25, -0.2) is 4.52 Å². The lowest BCUT2D eigenvalue weighted by Crippen LogP contribution is -2.51. The Morgan fingerprint density at radius 3 is 2.56 bits per heavy atom. The van der Waals surface area contributed by atoms with Gasteiger partial charge >= 0.3 is 0 Å². The number of aromatic nitrogens is 2. The highest BCUT2D eigenvalue weighted by Crippen LogP contribution is 2.59. The van der Waals surface area contributed by atoms with Crippen LogP contribution in [0.3, 0.4) is 0 Å². The van der Waals surface area contributed by atoms with Gasteiger partial charge in [0.2, 0.25) is 0 Å². The number of pyridine rings is 1. The van der Waals surface area contributed by atoms with E-state index in [2.05, 4.69) is 10.4 Å². The molecule has 7 heteroatoms. The first-order valence-electron chi connectivity index (χ1n) is 12.3. The number of carbonyl (C=O) groups excluding carboxylic acids is 2. The van der Waals surface area contributed by atoms with E-state index in [0.717, 1.165) is 37.1 Å². The maximum atomic E-state index is 13.2. The molecule has 2 aromatic rings. The van der Waals surface area contributed by atoms with Crippen molar-refractivity contribution in [1.82, 2.24) is 19.8 Å². The Morgan fingerprint density at radius 1 is 1.16 bits per heavy atom. The SMILES string of the molecule is N[C@@H]1CCCN(C(=O)c2cc3c(C(=O)NCC45CC6CC(CC(C6)C4)C5)cccn3n2)C1. The summed E-state index contributed by atoms with van der Waals surface area (Å²) >= 11 is 0. The van der Waals surface area contributed by atoms with Crippen LogP contribution in [0.1, 0.15) is 72.2 Å². The Kier molecular flexibility index (Phi) is 4.79. The van der Waals surface area contributed by atoms with Gasteiger partial charge in [-0.2, -0.15) is 5.10 Å². The molecule has 0 radical (unpaired) electrons. The molecule has 4 aliphatic carbocycles. The Balaban J connectivity index is 1.19. The van der Waals surface area contributed by atoms with Crippen LogP contribution in [0.5, 0.6) is 0 Å². The highest BCUT2D eigenvalue weighted by molar-refractivity contribution is 6.02. The summed E-state index contributed by atoms with van der Waals surface area (Å²) in [5.41, 5.74) is 7.98. The molecule has 4 bridgehead atoms. The number of piperidine rings is 1. The molecule has 1 aliphatic heterocycles. The van der Waals surface area contributed by atoms with Crippen LogP contribution in [-0.2, 0) is 0 Å². The number of amides is 2. The van der Waals surface area contributed by atoms with Gasteiger partial charge in [0.05, 0.1) is 11.1 Å². The molecule has 3 heterocycles. The molecule has 1 saturated heterocycles. The third kappa shape index (κ3) is 3.51. The van der Waals surface area contributed by atoms with Crippen molar-refractivity contribution in [2.75, 3.05) is 19.6 Å². The molecule has 3 N–H and O–H groups in total. The van der Waals surface area contributed by atoms with Crippen molar-refractivity contribution < 1.29 is 9.59 Å². The molecule has 2 aromatic heterocycles. The minimum atomic E-state index is -0.108. The molecule has 0 aromatic carbocycles. The Bertz CT molecular complexity index is 1020. The topological polar surface area (TPSA) is 92.7 Å². The van der Waals surface area contributed by atoms with Gasteiger partial charge in [-0.1, -0.05) is 0 Å². The molecule has 0 unspecified atom stereocenters. The smallest absolute Gasteiger partial charge is 0.274 e. The summed E-state index contributed by atoms with van der Waals surface area (Å²) in [6.07, 6.45) is 11.7. The van der Waals surface area contributed by atoms with Crippen LogP contribution in [0.2, 0.25) is 0 Å². The minimum Gasteiger partial charge on any atom is -0.351 e. The monoisotopic (exact) mass is 435 g/mol. The maximum Gasteiger partial charge on any atom is 0.274 e. The quantitative estimate of drug-likeness (QED) is 0.772. The first kappa shape index (κ1) is 20.2. The zero-order valence-electron chi connectivity index (χ0n) is 18.6. The third-order valence-electron chi connectivity index (χ3n) is 8.50. The predicted molar refractivity (Wildman–Crippen MR) is 121 cm³/mol. The number of carbonyl (C=O) groups is 2. The number of hydrogen-bond donors (Lipinski definition) is 2. The summed E-state index contributed by atoms with van der Waals surface area (Å²) in [6.45, 7) is 2.03. The number of fused-ring (bicyclic) bond motifs is 1. The van der Waals surface area contributed by atoms with Gasteiger partial charge in [-0.05, 0) is 92.7 Å². The van der Waals surface area contributed by atoms with Gasteiger partial charge in [0.1, 0.15) is 0 Å². The van der Waals surface area contributed by atoms with E-state index < -0.39 is 0 Å². The van der Waals surface area contributed by atoms with Crippen molar-refractivity contribution in [3.05, 3.63) is 35.7 Å². The zero-order valence-corrected chi connectivity index (χ0v) is 18.6. The highest BCUT2D eigenvalue weighted by Gasteiger charge is 2.50. The number of likely N-dealkylation sites (tertiary alicyclic amines) is 1. The van der Waals surface area contributed by atoms with Crippen molar-refractivity contribution in [3.63, 3.8) is 0 Å². The van der Waals surface area contributed by atoms with E-state index in [1.165, 1.54) is 38.5 Å². The summed E-state index contributed by atoms with van der Waals surface area (Å²) in [5.74, 6) is 2.43. The average molecular weight is 436 g/mol. The van der Waals surface area contributed by atoms with E-state index in [4.69, 9.17) is 5.73 Å². The van der Waals surface area contributed by atoms with Gasteiger partial charge in [0, 0.05) is 31.9 Å². The third-order valence-corrected chi connectivity index (χ3v) is 8.50. The van der Waals surface area contributed by atoms with Crippen molar-refractivity contribution in [2.24, 2.45) is 28.9 Å². The molecule has 4 saturated carbocycles. The molecular weight excluding hydrogens is 402 g/mol. The van der Waals surface area contributed by atoms with E-state index in [1.54, 1.807) is 21.7 Å². The van der Waals surface area contributed by atoms with Crippen molar-refractivity contribution in [1.29, 1.82) is 0 Å². The molecule has 1 atom stereocenters. The summed E-state index contributed by atoms with van der Waals surface area (Å²) in [6, 6.07) is 5.43. The van der Waals surface area contributed by atoms with Gasteiger partial charge in [-0.3, -0.25) is 9.59 Å². The van der Waals surface area contributed by atoms with Crippen LogP contribution in [0.4, 0.5) is 0 Å². The largest absolute Gasteiger partial charge is 0.351 e. The predicted octanol–water partition coefficient (Wildman–Crippen LogP) is 2.84.